The predicted octanol–water partition coefficient (Wildman–Crippen LogP) is 12.3. The average Bonchev–Trinajstić information content (AvgIpc) is 3.20. The highest BCUT2D eigenvalue weighted by Crippen LogP contribution is 2.38. The molecule has 0 radical (unpaired) electrons. The fourth-order valence-electron chi connectivity index (χ4n) is 5.07. The molecule has 0 N–H and O–H groups in total. The molecule has 0 fully saturated rings. The van der Waals surface area contributed by atoms with Gasteiger partial charge in [-0.05, 0) is 96.3 Å². The molecule has 0 amide bonds. The normalized spacial score (nSPS) is 14.7. The molecule has 2 unspecified atom stereocenters. The van der Waals surface area contributed by atoms with E-state index in [-0.39, 0.29) is 26.1 Å². The van der Waals surface area contributed by atoms with Gasteiger partial charge in [-0.15, -0.1) is 0 Å². The van der Waals surface area contributed by atoms with Crippen molar-refractivity contribution < 1.29 is 42.1 Å². The van der Waals surface area contributed by atoms with Gasteiger partial charge in [0, 0.05) is 12.8 Å². The Hall–Kier alpha value is -3.59. The van der Waals surface area contributed by atoms with Gasteiger partial charge in [-0.25, -0.2) is 0 Å². The molecule has 0 aliphatic carbocycles. The van der Waals surface area contributed by atoms with E-state index in [1.807, 2.05) is 27.2 Å². The number of hydrogen-bond acceptors (Lipinski definition) is 8. The minimum absolute atomic E-state index is 0.0545. The Morgan fingerprint density at radius 3 is 1.35 bits per heavy atom. The molecule has 0 spiro atoms. The van der Waals surface area contributed by atoms with E-state index in [9.17, 15) is 19.0 Å². The summed E-state index contributed by atoms with van der Waals surface area (Å²) in [6, 6.07) is 0. The van der Waals surface area contributed by atoms with Gasteiger partial charge in [0.25, 0.3) is 7.82 Å². The molecule has 0 bridgehead atoms. The fourth-order valence-corrected chi connectivity index (χ4v) is 5.80. The van der Waals surface area contributed by atoms with E-state index in [4.69, 9.17) is 18.5 Å². The Morgan fingerprint density at radius 1 is 0.517 bits per heavy atom. The van der Waals surface area contributed by atoms with E-state index in [1.54, 1.807) is 0 Å². The van der Waals surface area contributed by atoms with Gasteiger partial charge >= 0.3 is 11.9 Å². The summed E-state index contributed by atoms with van der Waals surface area (Å²) >= 11 is 0. The lowest BCUT2D eigenvalue weighted by Crippen LogP contribution is -2.37. The lowest BCUT2D eigenvalue weighted by molar-refractivity contribution is -0.870. The first-order chi connectivity index (χ1) is 29.0. The minimum atomic E-state index is -4.66. The summed E-state index contributed by atoms with van der Waals surface area (Å²) in [4.78, 5) is 37.5. The maximum Gasteiger partial charge on any atom is 0.306 e. The van der Waals surface area contributed by atoms with Crippen LogP contribution < -0.4 is 4.89 Å². The van der Waals surface area contributed by atoms with Crippen molar-refractivity contribution in [3.05, 3.63) is 122 Å². The quantitative estimate of drug-likeness (QED) is 0.0198. The number of phosphoric acid groups is 1. The van der Waals surface area contributed by atoms with Crippen molar-refractivity contribution in [3.63, 3.8) is 0 Å². The van der Waals surface area contributed by atoms with Crippen LogP contribution in [-0.2, 0) is 32.7 Å². The molecule has 9 nitrogen and oxygen atoms in total. The maximum atomic E-state index is 12.7. The van der Waals surface area contributed by atoms with Gasteiger partial charge in [0.1, 0.15) is 19.8 Å². The first kappa shape index (κ1) is 56.4. The number of phosphoric ester groups is 1. The third-order valence-electron chi connectivity index (χ3n) is 8.48. The highest BCUT2D eigenvalue weighted by Gasteiger charge is 2.21. The molecule has 0 rings (SSSR count). The highest BCUT2D eigenvalue weighted by molar-refractivity contribution is 7.45. The average molecular weight is 854 g/mol. The molecule has 10 heteroatoms. The molecule has 0 saturated carbocycles. The number of quaternary nitrogens is 1. The van der Waals surface area contributed by atoms with Gasteiger partial charge in [-0.2, -0.15) is 0 Å². The third kappa shape index (κ3) is 44.0. The van der Waals surface area contributed by atoms with Gasteiger partial charge in [0.05, 0.1) is 27.7 Å². The molecule has 60 heavy (non-hydrogen) atoms. The van der Waals surface area contributed by atoms with E-state index in [1.165, 1.54) is 0 Å². The molecular weight excluding hydrogens is 774 g/mol. The van der Waals surface area contributed by atoms with Crippen molar-refractivity contribution >= 4 is 19.8 Å². The Kier molecular flexibility index (Phi) is 38.4. The monoisotopic (exact) mass is 854 g/mol. The molecule has 0 aromatic rings. The second-order valence-electron chi connectivity index (χ2n) is 15.3. The van der Waals surface area contributed by atoms with Crippen LogP contribution in [-0.4, -0.2) is 70.0 Å². The molecule has 2 atom stereocenters. The van der Waals surface area contributed by atoms with Crippen molar-refractivity contribution in [1.29, 1.82) is 0 Å². The summed E-state index contributed by atoms with van der Waals surface area (Å²) in [6.07, 6.45) is 56.7. The standard InChI is InChI=1S/C50H80NO8P/c1-6-8-10-12-14-16-18-20-21-22-23-24-25-26-27-28-29-31-33-35-37-39-41-43-50(53)59-48(47-58-60(54,55)57-45-44-51(3,4)5)46-56-49(52)42-40-38-36-34-32-30-19-17-15-13-11-9-7-2/h8-11,14-17,20-21,23-24,26-27,29-32,35,37,48H,6-7,12-13,18-19,22,25,28,33-34,36,38-47H2,1-5H3/b10-8-,11-9-,16-14-,17-15-,21-20-,24-23-,27-26-,31-29-,32-30-,37-35-. The zero-order valence-electron chi connectivity index (χ0n) is 37.8. The molecule has 0 aromatic heterocycles. The van der Waals surface area contributed by atoms with Crippen LogP contribution in [0.3, 0.4) is 0 Å². The molecule has 0 aliphatic heterocycles. The van der Waals surface area contributed by atoms with Crippen molar-refractivity contribution in [1.82, 2.24) is 0 Å². The number of carbonyl (C=O) groups is 2. The van der Waals surface area contributed by atoms with Crippen LogP contribution in [0.25, 0.3) is 0 Å². The second-order valence-corrected chi connectivity index (χ2v) is 16.7. The first-order valence-corrected chi connectivity index (χ1v) is 23.7. The number of hydrogen-bond donors (Lipinski definition) is 0. The fraction of sp³-hybridized carbons (Fsp3) is 0.560. The van der Waals surface area contributed by atoms with Crippen LogP contribution in [0.1, 0.15) is 129 Å². The van der Waals surface area contributed by atoms with Crippen molar-refractivity contribution in [2.24, 2.45) is 0 Å². The van der Waals surface area contributed by atoms with Crippen molar-refractivity contribution in [3.8, 4) is 0 Å². The Bertz CT molecular complexity index is 1430. The van der Waals surface area contributed by atoms with Crippen LogP contribution in [0.5, 0.6) is 0 Å². The summed E-state index contributed by atoms with van der Waals surface area (Å²) in [5.74, 6) is -0.955. The van der Waals surface area contributed by atoms with Gasteiger partial charge in [-0.3, -0.25) is 14.2 Å². The summed E-state index contributed by atoms with van der Waals surface area (Å²) in [5, 5.41) is 0. The van der Waals surface area contributed by atoms with Crippen LogP contribution in [0, 0.1) is 0 Å². The highest BCUT2D eigenvalue weighted by atomic mass is 31.2. The minimum Gasteiger partial charge on any atom is -0.756 e. The smallest absolute Gasteiger partial charge is 0.306 e. The maximum absolute atomic E-state index is 12.7. The Labute approximate surface area is 365 Å². The summed E-state index contributed by atoms with van der Waals surface area (Å²) in [6.45, 7) is 3.85. The number of allylic oxidation sites excluding steroid dienone is 20. The lowest BCUT2D eigenvalue weighted by Gasteiger charge is -2.28. The van der Waals surface area contributed by atoms with Gasteiger partial charge in [0.15, 0.2) is 6.10 Å². The number of nitrogens with zero attached hydrogens (tertiary/aromatic N) is 1. The van der Waals surface area contributed by atoms with E-state index in [2.05, 4.69) is 129 Å². The van der Waals surface area contributed by atoms with Crippen LogP contribution in [0.4, 0.5) is 0 Å². The summed E-state index contributed by atoms with van der Waals surface area (Å²) in [7, 11) is 1.09. The second kappa shape index (κ2) is 40.8. The molecular formula is C50H80NO8P. The number of unbranched alkanes of at least 4 members (excludes halogenated alkanes) is 4. The topological polar surface area (TPSA) is 111 Å². The molecule has 0 heterocycles. The molecule has 0 aliphatic rings. The first-order valence-electron chi connectivity index (χ1n) is 22.2. The lowest BCUT2D eigenvalue weighted by atomic mass is 10.1. The van der Waals surface area contributed by atoms with E-state index in [0.717, 1.165) is 83.5 Å². The van der Waals surface area contributed by atoms with Gasteiger partial charge < -0.3 is 27.9 Å². The largest absolute Gasteiger partial charge is 0.756 e. The molecule has 338 valence electrons. The number of esters is 2. The number of rotatable bonds is 38. The van der Waals surface area contributed by atoms with Gasteiger partial charge in [-0.1, -0.05) is 142 Å². The third-order valence-corrected chi connectivity index (χ3v) is 9.44. The predicted molar refractivity (Wildman–Crippen MR) is 249 cm³/mol. The SMILES string of the molecule is CC/C=C\C/C=C\C/C=C\C/C=C\C/C=C\C/C=C\C/C=C\CCCC(=O)OC(COC(=O)CCCCC/C=C\C/C=C\C/C=C\CC)COP(=O)([O-])OCC[N+](C)(C)C. The van der Waals surface area contributed by atoms with Gasteiger partial charge in [0.2, 0.25) is 0 Å². The molecule has 0 saturated heterocycles. The molecule has 0 aromatic carbocycles. The zero-order chi connectivity index (χ0) is 44.3. The van der Waals surface area contributed by atoms with Crippen molar-refractivity contribution in [2.75, 3.05) is 47.5 Å². The van der Waals surface area contributed by atoms with E-state index >= 15 is 0 Å². The Balaban J connectivity index is 4.52. The number of carbonyl (C=O) groups excluding carboxylic acids is 2. The van der Waals surface area contributed by atoms with E-state index in [0.29, 0.717) is 30.3 Å². The van der Waals surface area contributed by atoms with Crippen LogP contribution in [0.2, 0.25) is 0 Å². The van der Waals surface area contributed by atoms with Crippen LogP contribution >= 0.6 is 7.82 Å². The van der Waals surface area contributed by atoms with E-state index < -0.39 is 32.5 Å². The Morgan fingerprint density at radius 2 is 0.917 bits per heavy atom. The van der Waals surface area contributed by atoms with Crippen LogP contribution in [0.15, 0.2) is 122 Å². The number of ether oxygens (including phenoxy) is 2. The zero-order valence-corrected chi connectivity index (χ0v) is 38.7. The summed E-state index contributed by atoms with van der Waals surface area (Å²) < 4.78 is 33.8. The van der Waals surface area contributed by atoms with Crippen molar-refractivity contribution in [2.45, 2.75) is 136 Å². The number of likely N-dealkylation sites (N-methyl/N-ethyl adjacent to an activating group) is 1. The summed E-state index contributed by atoms with van der Waals surface area (Å²) in [5.41, 5.74) is 0.